The minimum atomic E-state index is -4.36. The Labute approximate surface area is 403 Å². The van der Waals surface area contributed by atoms with E-state index in [0.717, 1.165) is 44.9 Å². The van der Waals surface area contributed by atoms with Crippen LogP contribution in [0.1, 0.15) is 251 Å². The number of rotatable bonds is 50. The number of aliphatic hydroxyl groups is 1. The summed E-state index contributed by atoms with van der Waals surface area (Å²) in [7, 11) is 1.55. The van der Waals surface area contributed by atoms with E-state index in [1.54, 1.807) is 6.08 Å². The maximum atomic E-state index is 13.0. The van der Waals surface area contributed by atoms with E-state index in [-0.39, 0.29) is 19.1 Å². The number of aliphatic hydroxyl groups excluding tert-OH is 1. The van der Waals surface area contributed by atoms with Crippen LogP contribution in [0.15, 0.2) is 48.6 Å². The fourth-order valence-corrected chi connectivity index (χ4v) is 8.63. The van der Waals surface area contributed by atoms with Crippen LogP contribution in [-0.4, -0.2) is 73.4 Å². The third kappa shape index (κ3) is 50.2. The van der Waals surface area contributed by atoms with Crippen molar-refractivity contribution in [2.24, 2.45) is 0 Å². The molecule has 9 heteroatoms. The van der Waals surface area contributed by atoms with Crippen molar-refractivity contribution >= 4 is 13.7 Å². The molecular weight excluding hydrogens is 828 g/mol. The Kier molecular flexibility index (Phi) is 46.4. The highest BCUT2D eigenvalue weighted by atomic mass is 31.2. The number of quaternary nitrogens is 1. The summed E-state index contributed by atoms with van der Waals surface area (Å²) in [5.41, 5.74) is 0. The van der Waals surface area contributed by atoms with Crippen molar-refractivity contribution in [2.75, 3.05) is 40.9 Å². The fourth-order valence-electron chi connectivity index (χ4n) is 7.89. The van der Waals surface area contributed by atoms with Crippen LogP contribution in [0.4, 0.5) is 0 Å². The summed E-state index contributed by atoms with van der Waals surface area (Å²) in [6.07, 6.45) is 62.0. The van der Waals surface area contributed by atoms with Crippen molar-refractivity contribution in [3.8, 4) is 0 Å². The van der Waals surface area contributed by atoms with Gasteiger partial charge < -0.3 is 19.8 Å². The lowest BCUT2D eigenvalue weighted by Crippen LogP contribution is -2.45. The molecule has 65 heavy (non-hydrogen) atoms. The largest absolute Gasteiger partial charge is 0.472 e. The van der Waals surface area contributed by atoms with Crippen molar-refractivity contribution in [3.63, 3.8) is 0 Å². The summed E-state index contributed by atoms with van der Waals surface area (Å²) < 4.78 is 23.7. The van der Waals surface area contributed by atoms with E-state index in [9.17, 15) is 19.4 Å². The number of likely N-dealkylation sites (N-methyl/N-ethyl adjacent to an activating group) is 1. The summed E-state index contributed by atoms with van der Waals surface area (Å²) in [4.78, 5) is 23.3. The first kappa shape index (κ1) is 63.5. The molecule has 0 aliphatic heterocycles. The fraction of sp³-hybridized carbons (Fsp3) is 0.839. The highest BCUT2D eigenvalue weighted by Crippen LogP contribution is 2.43. The van der Waals surface area contributed by atoms with Gasteiger partial charge in [0.1, 0.15) is 13.2 Å². The van der Waals surface area contributed by atoms with Crippen LogP contribution in [0, 0.1) is 0 Å². The van der Waals surface area contributed by atoms with Gasteiger partial charge in [-0.25, -0.2) is 4.57 Å². The van der Waals surface area contributed by atoms with Crippen LogP contribution in [0.3, 0.4) is 0 Å². The van der Waals surface area contributed by atoms with Crippen LogP contribution in [0.2, 0.25) is 0 Å². The first-order chi connectivity index (χ1) is 31.5. The Bertz CT molecular complexity index is 1200. The zero-order valence-corrected chi connectivity index (χ0v) is 44.4. The third-order valence-electron chi connectivity index (χ3n) is 12.2. The summed E-state index contributed by atoms with van der Waals surface area (Å²) >= 11 is 0. The minimum Gasteiger partial charge on any atom is -0.387 e. The second kappa shape index (κ2) is 47.5. The van der Waals surface area contributed by atoms with E-state index < -0.39 is 20.0 Å². The summed E-state index contributed by atoms with van der Waals surface area (Å²) in [6.45, 7) is 4.80. The number of unbranched alkanes of at least 4 members (excludes halogenated alkanes) is 31. The van der Waals surface area contributed by atoms with Crippen LogP contribution >= 0.6 is 7.82 Å². The van der Waals surface area contributed by atoms with E-state index in [0.29, 0.717) is 17.4 Å². The van der Waals surface area contributed by atoms with Gasteiger partial charge in [0, 0.05) is 6.42 Å². The molecule has 0 aliphatic carbocycles. The number of phosphoric ester groups is 1. The number of hydrogen-bond donors (Lipinski definition) is 3. The molecule has 0 saturated carbocycles. The monoisotopic (exact) mass is 936 g/mol. The van der Waals surface area contributed by atoms with E-state index in [1.165, 1.54) is 186 Å². The molecule has 0 fully saturated rings. The predicted octanol–water partition coefficient (Wildman–Crippen LogP) is 16.4. The van der Waals surface area contributed by atoms with Gasteiger partial charge in [-0.15, -0.1) is 0 Å². The van der Waals surface area contributed by atoms with Gasteiger partial charge >= 0.3 is 7.82 Å². The molecule has 382 valence electrons. The molecule has 0 radical (unpaired) electrons. The predicted molar refractivity (Wildman–Crippen MR) is 281 cm³/mol. The molecule has 1 amide bonds. The standard InChI is InChI=1S/C56H107N2O6P/c1-6-8-10-12-14-16-18-20-22-24-26-28-30-31-33-35-37-39-41-43-45-47-49-55(59)54(53-64-65(61,62)63-52-51-58(3,4)5)57-56(60)50-48-46-44-42-40-38-36-34-32-29-27-25-23-21-19-17-15-13-11-9-7-2/h25,27,31,33,39,41,47,49,54-55,59H,6-24,26,28-30,32,34-38,40,42-46,48,50-53H2,1-5H3,(H-,57,60,61,62)/p+1/b27-25-,33-31+,41-39+,49-47+. The molecule has 0 rings (SSSR count). The van der Waals surface area contributed by atoms with Gasteiger partial charge in [0.15, 0.2) is 0 Å². The maximum absolute atomic E-state index is 13.0. The number of carbonyl (C=O) groups excluding carboxylic acids is 1. The van der Waals surface area contributed by atoms with Crippen LogP contribution < -0.4 is 5.32 Å². The molecule has 3 unspecified atom stereocenters. The Balaban J connectivity index is 4.34. The van der Waals surface area contributed by atoms with Gasteiger partial charge in [-0.1, -0.05) is 223 Å². The van der Waals surface area contributed by atoms with Gasteiger partial charge in [-0.3, -0.25) is 13.8 Å². The highest BCUT2D eigenvalue weighted by molar-refractivity contribution is 7.47. The second-order valence-corrected chi connectivity index (χ2v) is 21.4. The first-order valence-electron chi connectivity index (χ1n) is 27.5. The van der Waals surface area contributed by atoms with E-state index in [4.69, 9.17) is 9.05 Å². The molecule has 0 aromatic carbocycles. The molecule has 0 saturated heterocycles. The third-order valence-corrected chi connectivity index (χ3v) is 13.2. The number of hydrogen-bond acceptors (Lipinski definition) is 5. The van der Waals surface area contributed by atoms with Gasteiger partial charge in [0.25, 0.3) is 0 Å². The van der Waals surface area contributed by atoms with Crippen molar-refractivity contribution < 1.29 is 32.9 Å². The lowest BCUT2D eigenvalue weighted by Gasteiger charge is -2.25. The number of phosphoric acid groups is 1. The first-order valence-corrected chi connectivity index (χ1v) is 29.0. The molecule has 0 aliphatic rings. The normalized spacial score (nSPS) is 14.4. The van der Waals surface area contributed by atoms with Crippen LogP contribution in [0.25, 0.3) is 0 Å². The number of carbonyl (C=O) groups is 1. The smallest absolute Gasteiger partial charge is 0.387 e. The Morgan fingerprint density at radius 1 is 0.508 bits per heavy atom. The summed E-state index contributed by atoms with van der Waals surface area (Å²) in [5.74, 6) is -0.192. The highest BCUT2D eigenvalue weighted by Gasteiger charge is 2.27. The molecular formula is C56H108N2O6P+. The molecule has 0 heterocycles. The van der Waals surface area contributed by atoms with Gasteiger partial charge in [0.2, 0.25) is 5.91 Å². The van der Waals surface area contributed by atoms with Gasteiger partial charge in [-0.05, 0) is 70.6 Å². The average molecular weight is 936 g/mol. The second-order valence-electron chi connectivity index (χ2n) is 19.9. The molecule has 3 atom stereocenters. The molecule has 0 aromatic rings. The number of amides is 1. The quantitative estimate of drug-likeness (QED) is 0.0243. The molecule has 0 aromatic heterocycles. The van der Waals surface area contributed by atoms with E-state index in [1.807, 2.05) is 27.2 Å². The lowest BCUT2D eigenvalue weighted by atomic mass is 10.0. The number of allylic oxidation sites excluding steroid dienone is 7. The van der Waals surface area contributed by atoms with E-state index in [2.05, 4.69) is 55.6 Å². The number of nitrogens with one attached hydrogen (secondary N) is 1. The van der Waals surface area contributed by atoms with Crippen LogP contribution in [-0.2, 0) is 18.4 Å². The van der Waals surface area contributed by atoms with Crippen LogP contribution in [0.5, 0.6) is 0 Å². The number of nitrogens with zero attached hydrogens (tertiary/aromatic N) is 1. The van der Waals surface area contributed by atoms with Crippen molar-refractivity contribution in [3.05, 3.63) is 48.6 Å². The van der Waals surface area contributed by atoms with Crippen molar-refractivity contribution in [1.82, 2.24) is 5.32 Å². The molecule has 0 bridgehead atoms. The zero-order valence-electron chi connectivity index (χ0n) is 43.5. The minimum absolute atomic E-state index is 0.0527. The zero-order chi connectivity index (χ0) is 47.8. The molecule has 8 nitrogen and oxygen atoms in total. The Morgan fingerprint density at radius 3 is 1.23 bits per heavy atom. The maximum Gasteiger partial charge on any atom is 0.472 e. The lowest BCUT2D eigenvalue weighted by molar-refractivity contribution is -0.870. The Hall–Kier alpha value is -1.54. The Morgan fingerprint density at radius 2 is 0.846 bits per heavy atom. The van der Waals surface area contributed by atoms with Gasteiger partial charge in [0.05, 0.1) is 39.9 Å². The SMILES string of the molecule is CCCCCCCCCC/C=C\CCCCCCCCCCCC(=O)NC(COP(=O)(O)OCC[N+](C)(C)C)C(O)/C=C/CC/C=C/CC/C=C/CCCCCCCCCCCCCC. The molecule has 3 N–H and O–H groups in total. The van der Waals surface area contributed by atoms with Crippen molar-refractivity contribution in [2.45, 2.75) is 264 Å². The summed E-state index contributed by atoms with van der Waals surface area (Å²) in [5, 5.41) is 13.9. The van der Waals surface area contributed by atoms with E-state index >= 15 is 0 Å². The molecule has 0 spiro atoms. The average Bonchev–Trinajstić information content (AvgIpc) is 3.26. The van der Waals surface area contributed by atoms with Crippen molar-refractivity contribution in [1.29, 1.82) is 0 Å². The van der Waals surface area contributed by atoms with Gasteiger partial charge in [-0.2, -0.15) is 0 Å². The summed E-state index contributed by atoms with van der Waals surface area (Å²) in [6, 6.07) is -0.871. The topological polar surface area (TPSA) is 105 Å².